The Hall–Kier alpha value is -2.48. The molecule has 3 rings (SSSR count). The van der Waals surface area contributed by atoms with Crippen molar-refractivity contribution in [3.05, 3.63) is 57.3 Å². The number of aryl methyl sites for hydroxylation is 2. The van der Waals surface area contributed by atoms with Crippen molar-refractivity contribution in [2.75, 3.05) is 0 Å². The molecular weight excluding hydrogens is 448 g/mol. The van der Waals surface area contributed by atoms with Gasteiger partial charge in [0.05, 0.1) is 18.2 Å². The SMILES string of the molecule is CCC(CC)O[C@@H]1C=C(C(=O)O)C[C@H](NCc2cc(C)c(-c3ccsc3)cc2C)[C@H]1NC(C)=O. The van der Waals surface area contributed by atoms with Crippen LogP contribution in [0.4, 0.5) is 0 Å². The van der Waals surface area contributed by atoms with Gasteiger partial charge in [-0.15, -0.1) is 0 Å². The molecule has 1 aromatic carbocycles. The molecule has 3 N–H and O–H groups in total. The Bertz CT molecular complexity index is 1030. The molecule has 0 saturated carbocycles. The van der Waals surface area contributed by atoms with E-state index in [-0.39, 0.29) is 24.1 Å². The monoisotopic (exact) mass is 484 g/mol. The second-order valence-corrected chi connectivity index (χ2v) is 9.84. The maximum absolute atomic E-state index is 12.0. The third-order valence-electron chi connectivity index (χ3n) is 6.57. The van der Waals surface area contributed by atoms with Crippen molar-refractivity contribution < 1.29 is 19.4 Å². The first-order valence-corrected chi connectivity index (χ1v) is 12.9. The highest BCUT2D eigenvalue weighted by Crippen LogP contribution is 2.29. The predicted molar refractivity (Wildman–Crippen MR) is 137 cm³/mol. The van der Waals surface area contributed by atoms with E-state index in [4.69, 9.17) is 4.74 Å². The minimum absolute atomic E-state index is 0.000784. The summed E-state index contributed by atoms with van der Waals surface area (Å²) in [6.07, 6.45) is 3.13. The maximum Gasteiger partial charge on any atom is 0.331 e. The smallest absolute Gasteiger partial charge is 0.331 e. The van der Waals surface area contributed by atoms with Crippen LogP contribution in [0.2, 0.25) is 0 Å². The van der Waals surface area contributed by atoms with Gasteiger partial charge in [-0.2, -0.15) is 11.3 Å². The Labute approximate surface area is 206 Å². The molecule has 0 aliphatic heterocycles. The molecule has 184 valence electrons. The number of carbonyl (C=O) groups excluding carboxylic acids is 1. The summed E-state index contributed by atoms with van der Waals surface area (Å²) in [6, 6.07) is 5.91. The number of ether oxygens (including phenoxy) is 1. The van der Waals surface area contributed by atoms with E-state index >= 15 is 0 Å². The fourth-order valence-electron chi connectivity index (χ4n) is 4.60. The van der Waals surface area contributed by atoms with Gasteiger partial charge >= 0.3 is 5.97 Å². The lowest BCUT2D eigenvalue weighted by Gasteiger charge is -2.38. The van der Waals surface area contributed by atoms with Crippen molar-refractivity contribution in [1.29, 1.82) is 0 Å². The van der Waals surface area contributed by atoms with E-state index in [2.05, 4.69) is 53.4 Å². The highest BCUT2D eigenvalue weighted by Gasteiger charge is 2.37. The topological polar surface area (TPSA) is 87.7 Å². The zero-order valence-electron chi connectivity index (χ0n) is 20.7. The van der Waals surface area contributed by atoms with Gasteiger partial charge in [-0.05, 0) is 83.8 Å². The fourth-order valence-corrected chi connectivity index (χ4v) is 5.26. The normalized spacial score (nSPS) is 20.3. The van der Waals surface area contributed by atoms with E-state index in [1.807, 2.05) is 13.8 Å². The highest BCUT2D eigenvalue weighted by atomic mass is 32.1. The summed E-state index contributed by atoms with van der Waals surface area (Å²) in [6.45, 7) is 10.4. The van der Waals surface area contributed by atoms with Crippen LogP contribution in [0.25, 0.3) is 11.1 Å². The first-order valence-electron chi connectivity index (χ1n) is 12.0. The van der Waals surface area contributed by atoms with Crippen molar-refractivity contribution in [3.63, 3.8) is 0 Å². The Kier molecular flexibility index (Phi) is 9.05. The molecule has 2 aromatic rings. The summed E-state index contributed by atoms with van der Waals surface area (Å²) in [5, 5.41) is 20.5. The average Bonchev–Trinajstić information content (AvgIpc) is 3.33. The molecule has 1 heterocycles. The standard InChI is InChI=1S/C27H36N2O4S/c1-6-22(7-2)33-25-13-20(27(31)32)12-24(26(25)29-18(5)30)28-14-21-10-17(4)23(11-16(21)3)19-8-9-34-15-19/h8-11,13,15,22,24-26,28H,6-7,12,14H2,1-5H3,(H,29,30)(H,31,32)/t24-,25+,26+/m0/s1. The minimum Gasteiger partial charge on any atom is -0.478 e. The first kappa shape index (κ1) is 26.1. The lowest BCUT2D eigenvalue weighted by atomic mass is 9.87. The number of carboxylic acid groups (broad SMARTS) is 1. The molecule has 1 amide bonds. The molecule has 0 radical (unpaired) electrons. The van der Waals surface area contributed by atoms with Crippen LogP contribution >= 0.6 is 11.3 Å². The molecule has 6 nitrogen and oxygen atoms in total. The van der Waals surface area contributed by atoms with Crippen LogP contribution in [0.5, 0.6) is 0 Å². The van der Waals surface area contributed by atoms with Gasteiger partial charge in [0.1, 0.15) is 0 Å². The van der Waals surface area contributed by atoms with Crippen molar-refractivity contribution >= 4 is 23.2 Å². The van der Waals surface area contributed by atoms with Crippen LogP contribution in [0, 0.1) is 13.8 Å². The van der Waals surface area contributed by atoms with Crippen molar-refractivity contribution in [3.8, 4) is 11.1 Å². The number of hydrogen-bond acceptors (Lipinski definition) is 5. The molecule has 0 unspecified atom stereocenters. The number of carbonyl (C=O) groups is 2. The molecular formula is C27H36N2O4S. The van der Waals surface area contributed by atoms with E-state index in [9.17, 15) is 14.7 Å². The number of rotatable bonds is 10. The highest BCUT2D eigenvalue weighted by molar-refractivity contribution is 7.08. The Balaban J connectivity index is 1.84. The van der Waals surface area contributed by atoms with E-state index < -0.39 is 12.1 Å². The Morgan fingerprint density at radius 2 is 1.94 bits per heavy atom. The molecule has 0 fully saturated rings. The van der Waals surface area contributed by atoms with Crippen molar-refractivity contribution in [1.82, 2.24) is 10.6 Å². The molecule has 1 aromatic heterocycles. The van der Waals surface area contributed by atoms with E-state index in [0.717, 1.165) is 18.4 Å². The molecule has 0 saturated heterocycles. The van der Waals surface area contributed by atoms with Crippen LogP contribution in [-0.2, 0) is 20.9 Å². The number of nitrogens with one attached hydrogen (secondary N) is 2. The van der Waals surface area contributed by atoms with Crippen LogP contribution in [0.1, 0.15) is 56.7 Å². The second kappa shape index (κ2) is 11.8. The van der Waals surface area contributed by atoms with Crippen LogP contribution in [-0.4, -0.2) is 41.3 Å². The van der Waals surface area contributed by atoms with Gasteiger partial charge < -0.3 is 20.5 Å². The number of hydrogen-bond donors (Lipinski definition) is 3. The summed E-state index contributed by atoms with van der Waals surface area (Å²) >= 11 is 1.69. The summed E-state index contributed by atoms with van der Waals surface area (Å²) in [5.41, 5.74) is 6.29. The summed E-state index contributed by atoms with van der Waals surface area (Å²) in [7, 11) is 0. The number of aliphatic carboxylic acids is 1. The van der Waals surface area contributed by atoms with E-state index in [1.165, 1.54) is 29.2 Å². The van der Waals surface area contributed by atoms with E-state index in [0.29, 0.717) is 18.5 Å². The summed E-state index contributed by atoms with van der Waals surface area (Å²) in [4.78, 5) is 23.9. The quantitative estimate of drug-likeness (QED) is 0.443. The summed E-state index contributed by atoms with van der Waals surface area (Å²) < 4.78 is 6.27. The molecule has 3 atom stereocenters. The average molecular weight is 485 g/mol. The second-order valence-electron chi connectivity index (χ2n) is 9.06. The van der Waals surface area contributed by atoms with Gasteiger partial charge in [0.2, 0.25) is 5.91 Å². The van der Waals surface area contributed by atoms with Gasteiger partial charge in [-0.3, -0.25) is 4.79 Å². The van der Waals surface area contributed by atoms with Gasteiger partial charge in [0.25, 0.3) is 0 Å². The lowest BCUT2D eigenvalue weighted by Crippen LogP contribution is -2.58. The van der Waals surface area contributed by atoms with Crippen LogP contribution < -0.4 is 10.6 Å². The Morgan fingerprint density at radius 3 is 2.53 bits per heavy atom. The van der Waals surface area contributed by atoms with Gasteiger partial charge in [-0.25, -0.2) is 4.79 Å². The predicted octanol–water partition coefficient (Wildman–Crippen LogP) is 4.98. The van der Waals surface area contributed by atoms with Crippen LogP contribution in [0.15, 0.2) is 40.6 Å². The van der Waals surface area contributed by atoms with E-state index in [1.54, 1.807) is 17.4 Å². The molecule has 34 heavy (non-hydrogen) atoms. The third kappa shape index (κ3) is 6.34. The molecule has 1 aliphatic carbocycles. The molecule has 0 bridgehead atoms. The maximum atomic E-state index is 12.0. The fraction of sp³-hybridized carbons (Fsp3) is 0.481. The zero-order chi connectivity index (χ0) is 24.8. The molecule has 7 heteroatoms. The van der Waals surface area contributed by atoms with Gasteiger partial charge in [0, 0.05) is 25.1 Å². The first-order chi connectivity index (χ1) is 16.2. The van der Waals surface area contributed by atoms with Crippen molar-refractivity contribution in [2.24, 2.45) is 0 Å². The molecule has 0 spiro atoms. The lowest BCUT2D eigenvalue weighted by molar-refractivity contribution is -0.133. The third-order valence-corrected chi connectivity index (χ3v) is 7.25. The Morgan fingerprint density at radius 1 is 1.21 bits per heavy atom. The van der Waals surface area contributed by atoms with Crippen molar-refractivity contribution in [2.45, 2.75) is 84.7 Å². The number of amides is 1. The minimum atomic E-state index is -0.946. The number of carboxylic acids is 1. The molecule has 1 aliphatic rings. The van der Waals surface area contributed by atoms with Gasteiger partial charge in [-0.1, -0.05) is 26.0 Å². The number of benzene rings is 1. The number of thiophene rings is 1. The zero-order valence-corrected chi connectivity index (χ0v) is 21.5. The summed E-state index contributed by atoms with van der Waals surface area (Å²) in [5.74, 6) is -1.10. The van der Waals surface area contributed by atoms with Gasteiger partial charge in [0.15, 0.2) is 0 Å². The largest absolute Gasteiger partial charge is 0.478 e. The van der Waals surface area contributed by atoms with Crippen LogP contribution in [0.3, 0.4) is 0 Å².